The molecule has 0 bridgehead atoms. The number of hydrogen-bond donors (Lipinski definition) is 0. The quantitative estimate of drug-likeness (QED) is 0.788. The molecule has 3 rings (SSSR count). The fraction of sp³-hybridized carbons (Fsp3) is 0.500. The number of alkyl halides is 1. The minimum atomic E-state index is -0.0975. The van der Waals surface area contributed by atoms with Crippen LogP contribution in [-0.4, -0.2) is 10.1 Å². The van der Waals surface area contributed by atoms with Crippen LogP contribution in [0.2, 0.25) is 0 Å². The fourth-order valence-electron chi connectivity index (χ4n) is 3.17. The third-order valence-corrected chi connectivity index (χ3v) is 4.55. The van der Waals surface area contributed by atoms with Crippen molar-refractivity contribution in [3.8, 4) is 0 Å². The summed E-state index contributed by atoms with van der Waals surface area (Å²) < 4.78 is 5.24. The predicted molar refractivity (Wildman–Crippen MR) is 78.9 cm³/mol. The van der Waals surface area contributed by atoms with E-state index in [9.17, 15) is 0 Å². The fourth-order valence-corrected chi connectivity index (χ4v) is 3.28. The van der Waals surface area contributed by atoms with Crippen LogP contribution in [0.25, 0.3) is 0 Å². The summed E-state index contributed by atoms with van der Waals surface area (Å²) in [5, 5.41) is 4.21. The van der Waals surface area contributed by atoms with Crippen molar-refractivity contribution in [2.75, 3.05) is 0 Å². The van der Waals surface area contributed by atoms with Gasteiger partial charge in [0.1, 0.15) is 5.88 Å². The van der Waals surface area contributed by atoms with Crippen molar-refractivity contribution in [2.45, 2.75) is 50.3 Å². The normalized spacial score (nSPS) is 18.1. The SMILES string of the molecule is Cc1ccc(C2(c3noc(CCl)n3)CCCCC2)cc1. The van der Waals surface area contributed by atoms with Crippen molar-refractivity contribution in [1.82, 2.24) is 10.1 Å². The predicted octanol–water partition coefficient (Wildman–Crippen LogP) is 4.37. The van der Waals surface area contributed by atoms with E-state index in [1.807, 2.05) is 0 Å². The molecule has 0 spiro atoms. The molecule has 1 aromatic heterocycles. The van der Waals surface area contributed by atoms with Crippen LogP contribution >= 0.6 is 11.6 Å². The van der Waals surface area contributed by atoms with Gasteiger partial charge in [-0.25, -0.2) is 0 Å². The molecule has 20 heavy (non-hydrogen) atoms. The maximum Gasteiger partial charge on any atom is 0.241 e. The highest BCUT2D eigenvalue weighted by Gasteiger charge is 2.39. The van der Waals surface area contributed by atoms with Gasteiger partial charge in [0.2, 0.25) is 5.89 Å². The van der Waals surface area contributed by atoms with Gasteiger partial charge in [-0.05, 0) is 25.3 Å². The smallest absolute Gasteiger partial charge is 0.241 e. The molecule has 1 aliphatic rings. The number of hydrogen-bond acceptors (Lipinski definition) is 3. The molecule has 4 heteroatoms. The van der Waals surface area contributed by atoms with Gasteiger partial charge in [0.05, 0.1) is 5.41 Å². The van der Waals surface area contributed by atoms with Gasteiger partial charge >= 0.3 is 0 Å². The van der Waals surface area contributed by atoms with Gasteiger partial charge in [0.15, 0.2) is 5.82 Å². The molecule has 0 radical (unpaired) electrons. The van der Waals surface area contributed by atoms with E-state index in [2.05, 4.69) is 41.3 Å². The zero-order chi connectivity index (χ0) is 14.0. The van der Waals surface area contributed by atoms with Crippen LogP contribution in [0.4, 0.5) is 0 Å². The first-order chi connectivity index (χ1) is 9.74. The van der Waals surface area contributed by atoms with Gasteiger partial charge in [0.25, 0.3) is 0 Å². The molecule has 106 valence electrons. The largest absolute Gasteiger partial charge is 0.338 e. The average Bonchev–Trinajstić information content (AvgIpc) is 2.98. The Morgan fingerprint density at radius 2 is 1.85 bits per heavy atom. The van der Waals surface area contributed by atoms with Crippen LogP contribution in [0.1, 0.15) is 54.9 Å². The van der Waals surface area contributed by atoms with E-state index in [1.165, 1.54) is 30.4 Å². The Kier molecular flexibility index (Phi) is 3.79. The van der Waals surface area contributed by atoms with Crippen LogP contribution in [0.3, 0.4) is 0 Å². The summed E-state index contributed by atoms with van der Waals surface area (Å²) >= 11 is 5.80. The summed E-state index contributed by atoms with van der Waals surface area (Å²) in [6, 6.07) is 8.73. The number of benzene rings is 1. The van der Waals surface area contributed by atoms with Gasteiger partial charge in [-0.2, -0.15) is 4.98 Å². The van der Waals surface area contributed by atoms with E-state index in [0.717, 1.165) is 18.7 Å². The highest BCUT2D eigenvalue weighted by molar-refractivity contribution is 6.16. The Bertz CT molecular complexity index is 570. The van der Waals surface area contributed by atoms with E-state index in [0.29, 0.717) is 5.89 Å². The Morgan fingerprint density at radius 3 is 2.45 bits per heavy atom. The molecule has 0 N–H and O–H groups in total. The monoisotopic (exact) mass is 290 g/mol. The first-order valence-corrected chi connectivity index (χ1v) is 7.74. The third-order valence-electron chi connectivity index (χ3n) is 4.32. The van der Waals surface area contributed by atoms with Gasteiger partial charge < -0.3 is 4.52 Å². The van der Waals surface area contributed by atoms with Gasteiger partial charge in [0, 0.05) is 0 Å². The van der Waals surface area contributed by atoms with E-state index in [-0.39, 0.29) is 11.3 Å². The van der Waals surface area contributed by atoms with Crippen LogP contribution in [0, 0.1) is 6.92 Å². The molecule has 0 atom stereocenters. The van der Waals surface area contributed by atoms with Crippen molar-refractivity contribution in [2.24, 2.45) is 0 Å². The van der Waals surface area contributed by atoms with Gasteiger partial charge in [-0.15, -0.1) is 11.6 Å². The average molecular weight is 291 g/mol. The molecular formula is C16H19ClN2O. The first-order valence-electron chi connectivity index (χ1n) is 7.21. The second-order valence-corrected chi connectivity index (χ2v) is 5.92. The molecule has 2 aromatic rings. The lowest BCUT2D eigenvalue weighted by Crippen LogP contribution is -2.31. The van der Waals surface area contributed by atoms with Crippen molar-refractivity contribution >= 4 is 11.6 Å². The van der Waals surface area contributed by atoms with E-state index >= 15 is 0 Å². The molecule has 1 aromatic carbocycles. The second kappa shape index (κ2) is 5.57. The van der Waals surface area contributed by atoms with Crippen LogP contribution in [0.15, 0.2) is 28.8 Å². The lowest BCUT2D eigenvalue weighted by Gasteiger charge is -2.35. The summed E-state index contributed by atoms with van der Waals surface area (Å²) in [5.74, 6) is 1.59. The molecule has 0 unspecified atom stereocenters. The van der Waals surface area contributed by atoms with E-state index in [4.69, 9.17) is 16.1 Å². The molecule has 0 saturated heterocycles. The second-order valence-electron chi connectivity index (χ2n) is 5.65. The summed E-state index contributed by atoms with van der Waals surface area (Å²) in [7, 11) is 0. The zero-order valence-electron chi connectivity index (χ0n) is 11.7. The lowest BCUT2D eigenvalue weighted by atomic mass is 9.69. The van der Waals surface area contributed by atoms with Crippen LogP contribution < -0.4 is 0 Å². The molecule has 0 aliphatic heterocycles. The minimum absolute atomic E-state index is 0.0975. The Labute approximate surface area is 124 Å². The molecule has 1 saturated carbocycles. The molecular weight excluding hydrogens is 272 g/mol. The molecule has 1 heterocycles. The summed E-state index contributed by atoms with van der Waals surface area (Å²) in [6.45, 7) is 2.11. The van der Waals surface area contributed by atoms with Crippen molar-refractivity contribution in [1.29, 1.82) is 0 Å². The van der Waals surface area contributed by atoms with Crippen LogP contribution in [-0.2, 0) is 11.3 Å². The molecule has 1 fully saturated rings. The topological polar surface area (TPSA) is 38.9 Å². The molecule has 3 nitrogen and oxygen atoms in total. The Hall–Kier alpha value is -1.35. The number of nitrogens with zero attached hydrogens (tertiary/aromatic N) is 2. The number of rotatable bonds is 3. The number of halogens is 1. The van der Waals surface area contributed by atoms with Gasteiger partial charge in [-0.1, -0.05) is 54.2 Å². The Balaban J connectivity index is 2.05. The first kappa shape index (κ1) is 13.6. The zero-order valence-corrected chi connectivity index (χ0v) is 12.5. The minimum Gasteiger partial charge on any atom is -0.338 e. The number of aryl methyl sites for hydroxylation is 1. The van der Waals surface area contributed by atoms with Crippen molar-refractivity contribution in [3.63, 3.8) is 0 Å². The highest BCUT2D eigenvalue weighted by atomic mass is 35.5. The summed E-state index contributed by atoms with van der Waals surface area (Å²) in [5.41, 5.74) is 2.47. The Morgan fingerprint density at radius 1 is 1.15 bits per heavy atom. The highest BCUT2D eigenvalue weighted by Crippen LogP contribution is 2.43. The maximum atomic E-state index is 5.80. The lowest BCUT2D eigenvalue weighted by molar-refractivity contribution is 0.310. The van der Waals surface area contributed by atoms with Gasteiger partial charge in [-0.3, -0.25) is 0 Å². The van der Waals surface area contributed by atoms with E-state index in [1.54, 1.807) is 0 Å². The summed E-state index contributed by atoms with van der Waals surface area (Å²) in [4.78, 5) is 4.51. The maximum absolute atomic E-state index is 5.80. The molecule has 0 amide bonds. The third kappa shape index (κ3) is 2.35. The number of aromatic nitrogens is 2. The molecule has 1 aliphatic carbocycles. The van der Waals surface area contributed by atoms with E-state index < -0.39 is 0 Å². The standard InChI is InChI=1S/C16H19ClN2O/c1-12-5-7-13(8-6-12)16(9-3-2-4-10-16)15-18-14(11-17)20-19-15/h5-8H,2-4,9-11H2,1H3. The van der Waals surface area contributed by atoms with Crippen LogP contribution in [0.5, 0.6) is 0 Å². The van der Waals surface area contributed by atoms with Crippen molar-refractivity contribution < 1.29 is 4.52 Å². The van der Waals surface area contributed by atoms with Crippen molar-refractivity contribution in [3.05, 3.63) is 47.1 Å². The summed E-state index contributed by atoms with van der Waals surface area (Å²) in [6.07, 6.45) is 5.86.